The molecule has 0 radical (unpaired) electrons. The van der Waals surface area contributed by atoms with Gasteiger partial charge in [-0.2, -0.15) is 0 Å². The van der Waals surface area contributed by atoms with E-state index < -0.39 is 0 Å². The molecule has 3 aromatic carbocycles. The maximum absolute atomic E-state index is 12.0. The molecule has 3 aromatic rings. The van der Waals surface area contributed by atoms with Crippen LogP contribution in [0.3, 0.4) is 0 Å². The second-order valence-electron chi connectivity index (χ2n) is 8.97. The molecule has 1 saturated heterocycles. The number of aryl methyl sites for hydroxylation is 1. The van der Waals surface area contributed by atoms with Gasteiger partial charge in [0.25, 0.3) is 0 Å². The summed E-state index contributed by atoms with van der Waals surface area (Å²) in [7, 11) is 1.44. The van der Waals surface area contributed by atoms with Gasteiger partial charge in [-0.25, -0.2) is 4.79 Å². The van der Waals surface area contributed by atoms with E-state index in [0.29, 0.717) is 11.6 Å². The number of carbonyl (C=O) groups is 1. The molecule has 1 atom stereocenters. The lowest BCUT2D eigenvalue weighted by Gasteiger charge is -2.43. The number of fused-ring (bicyclic) bond motifs is 3. The molecular formula is C28H29ClN2O2. The van der Waals surface area contributed by atoms with Gasteiger partial charge in [-0.1, -0.05) is 48.0 Å². The minimum atomic E-state index is -0.261. The Hall–Kier alpha value is -2.82. The third kappa shape index (κ3) is 4.64. The van der Waals surface area contributed by atoms with Crippen LogP contribution >= 0.6 is 11.6 Å². The van der Waals surface area contributed by atoms with Gasteiger partial charge in [0.2, 0.25) is 0 Å². The van der Waals surface area contributed by atoms with Crippen LogP contribution in [0.1, 0.15) is 34.3 Å². The third-order valence-corrected chi connectivity index (χ3v) is 7.18. The van der Waals surface area contributed by atoms with Crippen LogP contribution in [0.4, 0.5) is 5.69 Å². The van der Waals surface area contributed by atoms with Crippen LogP contribution < -0.4 is 4.90 Å². The number of esters is 1. The number of anilines is 1. The molecule has 0 amide bonds. The van der Waals surface area contributed by atoms with Crippen LogP contribution in [-0.4, -0.2) is 43.7 Å². The van der Waals surface area contributed by atoms with Crippen molar-refractivity contribution in [2.24, 2.45) is 0 Å². The lowest BCUT2D eigenvalue weighted by molar-refractivity contribution is 0.0600. The summed E-state index contributed by atoms with van der Waals surface area (Å²) >= 11 is 6.10. The zero-order valence-corrected chi connectivity index (χ0v) is 19.7. The monoisotopic (exact) mass is 460 g/mol. The lowest BCUT2D eigenvalue weighted by Crippen LogP contribution is -2.52. The summed E-state index contributed by atoms with van der Waals surface area (Å²) in [6.07, 6.45) is 3.30. The number of benzene rings is 3. The standard InChI is InChI=1S/C28H29ClN2O2/c1-33-28(32)22-11-14-27-21(17-22)6-4-7-25-19-30(15-16-31(25)27)18-23-5-2-3-8-26(23)20-9-12-24(29)13-10-20/h2-3,5,8-14,17,25H,4,6-7,15-16,18-19H2,1H3. The Balaban J connectivity index is 1.34. The summed E-state index contributed by atoms with van der Waals surface area (Å²) in [4.78, 5) is 17.1. The van der Waals surface area contributed by atoms with Crippen molar-refractivity contribution in [1.82, 2.24) is 4.90 Å². The molecule has 0 spiro atoms. The first-order valence-electron chi connectivity index (χ1n) is 11.7. The van der Waals surface area contributed by atoms with E-state index >= 15 is 0 Å². The van der Waals surface area contributed by atoms with Crippen molar-refractivity contribution in [3.8, 4) is 11.1 Å². The fourth-order valence-corrected chi connectivity index (χ4v) is 5.40. The highest BCUT2D eigenvalue weighted by atomic mass is 35.5. The predicted octanol–water partition coefficient (Wildman–Crippen LogP) is 5.82. The van der Waals surface area contributed by atoms with Crippen molar-refractivity contribution < 1.29 is 9.53 Å². The number of piperazine rings is 1. The summed E-state index contributed by atoms with van der Waals surface area (Å²) in [5, 5.41) is 0.764. The van der Waals surface area contributed by atoms with E-state index in [9.17, 15) is 4.79 Å². The van der Waals surface area contributed by atoms with Gasteiger partial charge >= 0.3 is 5.97 Å². The molecule has 1 unspecified atom stereocenters. The van der Waals surface area contributed by atoms with E-state index in [4.69, 9.17) is 16.3 Å². The Morgan fingerprint density at radius 2 is 1.88 bits per heavy atom. The van der Waals surface area contributed by atoms with Crippen molar-refractivity contribution in [2.45, 2.75) is 31.8 Å². The highest BCUT2D eigenvalue weighted by molar-refractivity contribution is 6.30. The van der Waals surface area contributed by atoms with Crippen LogP contribution in [0, 0.1) is 0 Å². The Morgan fingerprint density at radius 1 is 1.06 bits per heavy atom. The molecule has 0 aliphatic carbocycles. The van der Waals surface area contributed by atoms with Gasteiger partial charge in [-0.05, 0) is 71.8 Å². The molecule has 2 heterocycles. The summed E-state index contributed by atoms with van der Waals surface area (Å²) < 4.78 is 4.92. The summed E-state index contributed by atoms with van der Waals surface area (Å²) in [5.74, 6) is -0.261. The molecule has 33 heavy (non-hydrogen) atoms. The number of methoxy groups -OCH3 is 1. The zero-order chi connectivity index (χ0) is 22.8. The Morgan fingerprint density at radius 3 is 2.70 bits per heavy atom. The van der Waals surface area contributed by atoms with E-state index in [1.807, 2.05) is 24.3 Å². The molecule has 5 rings (SSSR count). The maximum Gasteiger partial charge on any atom is 0.337 e. The maximum atomic E-state index is 12.0. The van der Waals surface area contributed by atoms with Crippen molar-refractivity contribution in [1.29, 1.82) is 0 Å². The first kappa shape index (κ1) is 22.0. The fraction of sp³-hybridized carbons (Fsp3) is 0.321. The average molecular weight is 461 g/mol. The van der Waals surface area contributed by atoms with Gasteiger partial charge in [0.1, 0.15) is 0 Å². The zero-order valence-electron chi connectivity index (χ0n) is 19.0. The van der Waals surface area contributed by atoms with Gasteiger partial charge in [0, 0.05) is 42.9 Å². The minimum Gasteiger partial charge on any atom is -0.465 e. The van der Waals surface area contributed by atoms with Crippen LogP contribution in [0.15, 0.2) is 66.7 Å². The number of hydrogen-bond acceptors (Lipinski definition) is 4. The third-order valence-electron chi connectivity index (χ3n) is 6.93. The molecule has 1 fully saturated rings. The highest BCUT2D eigenvalue weighted by Crippen LogP contribution is 2.33. The van der Waals surface area contributed by atoms with Crippen LogP contribution in [0.2, 0.25) is 5.02 Å². The summed E-state index contributed by atoms with van der Waals surface area (Å²) in [6.45, 7) is 4.01. The molecule has 4 nitrogen and oxygen atoms in total. The molecule has 0 bridgehead atoms. The Labute approximate surface area is 200 Å². The second-order valence-corrected chi connectivity index (χ2v) is 9.41. The largest absolute Gasteiger partial charge is 0.465 e. The molecule has 2 aliphatic heterocycles. The lowest BCUT2D eigenvalue weighted by atomic mass is 9.98. The molecule has 5 heteroatoms. The van der Waals surface area contributed by atoms with Gasteiger partial charge in [-0.3, -0.25) is 4.90 Å². The van der Waals surface area contributed by atoms with Gasteiger partial charge in [0.15, 0.2) is 0 Å². The topological polar surface area (TPSA) is 32.8 Å². The Kier molecular flexibility index (Phi) is 6.39. The number of rotatable bonds is 4. The average Bonchev–Trinajstić information content (AvgIpc) is 3.03. The normalized spacial score (nSPS) is 18.2. The number of nitrogens with zero attached hydrogens (tertiary/aromatic N) is 2. The van der Waals surface area contributed by atoms with Gasteiger partial charge in [-0.15, -0.1) is 0 Å². The number of ether oxygens (including phenoxy) is 1. The smallest absolute Gasteiger partial charge is 0.337 e. The second kappa shape index (κ2) is 9.58. The SMILES string of the molecule is COC(=O)c1ccc2c(c1)CCCC1CN(Cc3ccccc3-c3ccc(Cl)cc3)CCN21. The first-order chi connectivity index (χ1) is 16.1. The Bertz CT molecular complexity index is 1140. The van der Waals surface area contributed by atoms with Crippen molar-refractivity contribution in [3.63, 3.8) is 0 Å². The molecular weight excluding hydrogens is 432 g/mol. The van der Waals surface area contributed by atoms with Crippen molar-refractivity contribution in [2.75, 3.05) is 31.6 Å². The molecule has 0 N–H and O–H groups in total. The summed E-state index contributed by atoms with van der Waals surface area (Å²) in [6, 6.07) is 23.3. The highest BCUT2D eigenvalue weighted by Gasteiger charge is 2.30. The van der Waals surface area contributed by atoms with Crippen LogP contribution in [-0.2, 0) is 17.7 Å². The van der Waals surface area contributed by atoms with E-state index in [1.54, 1.807) is 0 Å². The van der Waals surface area contributed by atoms with E-state index in [2.05, 4.69) is 52.3 Å². The molecule has 0 saturated carbocycles. The fourth-order valence-electron chi connectivity index (χ4n) is 5.28. The summed E-state index contributed by atoms with van der Waals surface area (Å²) in [5.41, 5.74) is 7.03. The quantitative estimate of drug-likeness (QED) is 0.459. The van der Waals surface area contributed by atoms with Crippen molar-refractivity contribution in [3.05, 3.63) is 88.4 Å². The number of halogens is 1. The minimum absolute atomic E-state index is 0.261. The molecule has 0 aromatic heterocycles. The molecule has 170 valence electrons. The number of hydrogen-bond donors (Lipinski definition) is 0. The van der Waals surface area contributed by atoms with E-state index in [-0.39, 0.29) is 5.97 Å². The van der Waals surface area contributed by atoms with Crippen LogP contribution in [0.25, 0.3) is 11.1 Å². The molecule has 2 aliphatic rings. The first-order valence-corrected chi connectivity index (χ1v) is 12.0. The van der Waals surface area contributed by atoms with Crippen molar-refractivity contribution >= 4 is 23.3 Å². The van der Waals surface area contributed by atoms with Gasteiger partial charge in [0.05, 0.1) is 12.7 Å². The van der Waals surface area contributed by atoms with Crippen LogP contribution in [0.5, 0.6) is 0 Å². The predicted molar refractivity (Wildman–Crippen MR) is 134 cm³/mol. The van der Waals surface area contributed by atoms with E-state index in [0.717, 1.165) is 50.5 Å². The van der Waals surface area contributed by atoms with E-state index in [1.165, 1.54) is 35.1 Å². The van der Waals surface area contributed by atoms with Gasteiger partial charge < -0.3 is 9.64 Å². The number of carbonyl (C=O) groups excluding carboxylic acids is 1.